The van der Waals surface area contributed by atoms with Gasteiger partial charge in [-0.25, -0.2) is 14.1 Å². The van der Waals surface area contributed by atoms with E-state index in [0.29, 0.717) is 37.6 Å². The molecule has 1 fully saturated rings. The summed E-state index contributed by atoms with van der Waals surface area (Å²) >= 11 is 2.19. The number of carbonyl (C=O) groups excluding carboxylic acids is 1. The van der Waals surface area contributed by atoms with Crippen LogP contribution >= 0.6 is 22.6 Å². The molecule has 1 amide bonds. The van der Waals surface area contributed by atoms with E-state index in [1.54, 1.807) is 10.9 Å². The predicted molar refractivity (Wildman–Crippen MR) is 136 cm³/mol. The molecule has 4 heterocycles. The molecule has 1 N–H and O–H groups in total. The summed E-state index contributed by atoms with van der Waals surface area (Å²) in [5, 5.41) is 8.81. The van der Waals surface area contributed by atoms with E-state index >= 15 is 0 Å². The van der Waals surface area contributed by atoms with Gasteiger partial charge in [0.2, 0.25) is 5.91 Å². The number of rotatable bonds is 7. The molecule has 1 saturated heterocycles. The van der Waals surface area contributed by atoms with Crippen molar-refractivity contribution in [3.05, 3.63) is 45.8 Å². The van der Waals surface area contributed by atoms with Crippen LogP contribution in [0.2, 0.25) is 0 Å². The van der Waals surface area contributed by atoms with Gasteiger partial charge >= 0.3 is 0 Å². The minimum absolute atomic E-state index is 0.0113. The quantitative estimate of drug-likeness (QED) is 0.433. The van der Waals surface area contributed by atoms with Crippen molar-refractivity contribution in [3.8, 4) is 5.75 Å². The first-order valence-electron chi connectivity index (χ1n) is 11.3. The van der Waals surface area contributed by atoms with Crippen LogP contribution in [0.3, 0.4) is 0 Å². The number of ether oxygens (including phenoxy) is 1. The van der Waals surface area contributed by atoms with Gasteiger partial charge in [-0.2, -0.15) is 5.10 Å². The number of anilines is 1. The fraction of sp³-hybridized carbons (Fsp3) is 0.391. The Morgan fingerprint density at radius 2 is 2.06 bits per heavy atom. The number of hydrogen-bond donors (Lipinski definition) is 1. The molecule has 0 radical (unpaired) electrons. The molecule has 2 aliphatic heterocycles. The molecule has 5 rings (SSSR count). The predicted octanol–water partition coefficient (Wildman–Crippen LogP) is 2.08. The number of amides is 1. The smallest absolute Gasteiger partial charge is 0.244 e. The standard InChI is InChI=1S/C23H25FIN7O2/c24-5-13-34-19-14-16(3-4-18(19)25)30-9-11-31(12-10-30)20(33)15-32-23-17(2-1-6-28-23)21(29-32)22-26-7-8-27-22/h1-4,6,14H,5,7-13,15H2,(H,26,27). The molecule has 2 aliphatic rings. The fourth-order valence-corrected chi connectivity index (χ4v) is 4.73. The zero-order chi connectivity index (χ0) is 23.5. The third-order valence-corrected chi connectivity index (χ3v) is 6.83. The summed E-state index contributed by atoms with van der Waals surface area (Å²) in [6.45, 7) is 3.80. The number of fused-ring (bicyclic) bond motifs is 1. The zero-order valence-corrected chi connectivity index (χ0v) is 20.7. The van der Waals surface area contributed by atoms with Crippen LogP contribution in [0.15, 0.2) is 41.5 Å². The summed E-state index contributed by atoms with van der Waals surface area (Å²) in [4.78, 5) is 26.1. The second-order valence-corrected chi connectivity index (χ2v) is 9.22. The van der Waals surface area contributed by atoms with Gasteiger partial charge in [0.25, 0.3) is 0 Å². The third kappa shape index (κ3) is 4.65. The molecule has 0 atom stereocenters. The van der Waals surface area contributed by atoms with Gasteiger partial charge in [-0.15, -0.1) is 0 Å². The fourth-order valence-electron chi connectivity index (χ4n) is 4.24. The lowest BCUT2D eigenvalue weighted by atomic mass is 10.2. The maximum atomic E-state index is 13.1. The van der Waals surface area contributed by atoms with Crippen LogP contribution in [0.5, 0.6) is 5.75 Å². The van der Waals surface area contributed by atoms with Crippen molar-refractivity contribution in [1.82, 2.24) is 25.0 Å². The van der Waals surface area contributed by atoms with Crippen LogP contribution in [0.4, 0.5) is 10.1 Å². The highest BCUT2D eigenvalue weighted by Crippen LogP contribution is 2.28. The molecule has 0 spiro atoms. The first-order valence-corrected chi connectivity index (χ1v) is 12.3. The Hall–Kier alpha value is -2.96. The lowest BCUT2D eigenvalue weighted by molar-refractivity contribution is -0.132. The van der Waals surface area contributed by atoms with Crippen LogP contribution in [-0.2, 0) is 11.3 Å². The zero-order valence-electron chi connectivity index (χ0n) is 18.6. The minimum Gasteiger partial charge on any atom is -0.490 e. The molecule has 178 valence electrons. The molecular weight excluding hydrogens is 552 g/mol. The highest BCUT2D eigenvalue weighted by Gasteiger charge is 2.24. The Balaban J connectivity index is 1.25. The number of benzene rings is 1. The molecule has 1 aromatic carbocycles. The van der Waals surface area contributed by atoms with Crippen molar-refractivity contribution < 1.29 is 13.9 Å². The van der Waals surface area contributed by atoms with Gasteiger partial charge in [0.15, 0.2) is 5.65 Å². The molecule has 0 saturated carbocycles. The summed E-state index contributed by atoms with van der Waals surface area (Å²) in [5.41, 5.74) is 2.43. The Labute approximate surface area is 210 Å². The number of amidine groups is 1. The highest BCUT2D eigenvalue weighted by atomic mass is 127. The monoisotopic (exact) mass is 577 g/mol. The van der Waals surface area contributed by atoms with Crippen molar-refractivity contribution in [2.45, 2.75) is 6.54 Å². The van der Waals surface area contributed by atoms with Crippen molar-refractivity contribution in [2.75, 3.05) is 57.4 Å². The van der Waals surface area contributed by atoms with Crippen LogP contribution in [0, 0.1) is 3.57 Å². The number of aliphatic imine (C=N–C) groups is 1. The lowest BCUT2D eigenvalue weighted by Crippen LogP contribution is -2.49. The maximum Gasteiger partial charge on any atom is 0.244 e. The van der Waals surface area contributed by atoms with Crippen molar-refractivity contribution >= 4 is 51.1 Å². The molecule has 0 bridgehead atoms. The molecule has 0 aliphatic carbocycles. The topological polar surface area (TPSA) is 87.9 Å². The Morgan fingerprint density at radius 3 is 2.82 bits per heavy atom. The van der Waals surface area contributed by atoms with E-state index in [1.165, 1.54) is 0 Å². The van der Waals surface area contributed by atoms with E-state index < -0.39 is 6.67 Å². The second-order valence-electron chi connectivity index (χ2n) is 8.06. The van der Waals surface area contributed by atoms with E-state index in [1.807, 2.05) is 35.2 Å². The Kier molecular flexibility index (Phi) is 6.79. The van der Waals surface area contributed by atoms with Crippen molar-refractivity contribution in [2.24, 2.45) is 4.99 Å². The number of alkyl halides is 1. The minimum atomic E-state index is -0.520. The van der Waals surface area contributed by atoms with Gasteiger partial charge in [-0.3, -0.25) is 9.79 Å². The van der Waals surface area contributed by atoms with Gasteiger partial charge in [-0.05, 0) is 46.9 Å². The summed E-state index contributed by atoms with van der Waals surface area (Å²) < 4.78 is 20.6. The molecule has 2 aromatic heterocycles. The van der Waals surface area contributed by atoms with Gasteiger partial charge in [0.1, 0.15) is 37.1 Å². The number of pyridine rings is 1. The lowest BCUT2D eigenvalue weighted by Gasteiger charge is -2.36. The van der Waals surface area contributed by atoms with E-state index in [0.717, 1.165) is 39.3 Å². The van der Waals surface area contributed by atoms with Crippen molar-refractivity contribution in [3.63, 3.8) is 0 Å². The van der Waals surface area contributed by atoms with E-state index in [2.05, 4.69) is 47.9 Å². The number of carbonyl (C=O) groups is 1. The molecule has 11 heteroatoms. The Morgan fingerprint density at radius 1 is 1.21 bits per heavy atom. The number of nitrogens with one attached hydrogen (secondary N) is 1. The summed E-state index contributed by atoms with van der Waals surface area (Å²) in [6, 6.07) is 9.77. The molecular formula is C23H25FIN7O2. The molecule has 34 heavy (non-hydrogen) atoms. The van der Waals surface area contributed by atoms with Crippen LogP contribution in [0.25, 0.3) is 11.0 Å². The van der Waals surface area contributed by atoms with Crippen LogP contribution in [0.1, 0.15) is 5.69 Å². The van der Waals surface area contributed by atoms with Gasteiger partial charge in [0.05, 0.1) is 15.5 Å². The summed E-state index contributed by atoms with van der Waals surface area (Å²) in [6.07, 6.45) is 1.71. The highest BCUT2D eigenvalue weighted by molar-refractivity contribution is 14.1. The van der Waals surface area contributed by atoms with E-state index in [4.69, 9.17) is 4.74 Å². The number of piperazine rings is 1. The van der Waals surface area contributed by atoms with E-state index in [9.17, 15) is 9.18 Å². The normalized spacial score (nSPS) is 16.0. The molecule has 0 unspecified atom stereocenters. The number of aromatic nitrogens is 3. The average molecular weight is 577 g/mol. The largest absolute Gasteiger partial charge is 0.490 e. The first kappa shape index (κ1) is 22.8. The number of halogens is 2. The first-order chi connectivity index (χ1) is 16.6. The molecule has 3 aromatic rings. The van der Waals surface area contributed by atoms with Gasteiger partial charge < -0.3 is 19.9 Å². The van der Waals surface area contributed by atoms with Gasteiger partial charge in [0, 0.05) is 50.7 Å². The van der Waals surface area contributed by atoms with Crippen LogP contribution < -0.4 is 15.0 Å². The Bertz CT molecular complexity index is 1220. The van der Waals surface area contributed by atoms with Crippen molar-refractivity contribution in [1.29, 1.82) is 0 Å². The average Bonchev–Trinajstić information content (AvgIpc) is 3.52. The summed E-state index contributed by atoms with van der Waals surface area (Å²) in [7, 11) is 0. The SMILES string of the molecule is O=C(Cn1nc(C2=NCCN2)c2cccnc21)N1CCN(c2ccc(I)c(OCCF)c2)CC1. The number of nitrogens with zero attached hydrogens (tertiary/aromatic N) is 6. The van der Waals surface area contributed by atoms with Gasteiger partial charge in [-0.1, -0.05) is 0 Å². The maximum absolute atomic E-state index is 13.1. The molecule has 9 nitrogen and oxygen atoms in total. The second kappa shape index (κ2) is 10.1. The third-order valence-electron chi connectivity index (χ3n) is 5.94. The number of hydrogen-bond acceptors (Lipinski definition) is 7. The summed E-state index contributed by atoms with van der Waals surface area (Å²) in [5.74, 6) is 1.45. The van der Waals surface area contributed by atoms with E-state index in [-0.39, 0.29) is 19.1 Å². The van der Waals surface area contributed by atoms with Crippen LogP contribution in [-0.4, -0.2) is 84.0 Å².